The second-order valence-electron chi connectivity index (χ2n) is 6.99. The number of carbonyl (C=O) groups excluding carboxylic acids is 2. The molecule has 3 aromatic rings. The van der Waals surface area contributed by atoms with Crippen LogP contribution >= 0.6 is 0 Å². The molecule has 1 atom stereocenters. The number of nitrogens with zero attached hydrogens (tertiary/aromatic N) is 2. The Kier molecular flexibility index (Phi) is 6.46. The molecule has 8 heteroatoms. The van der Waals surface area contributed by atoms with E-state index in [4.69, 9.17) is 4.74 Å². The number of aromatic nitrogens is 2. The van der Waals surface area contributed by atoms with E-state index in [1.54, 1.807) is 56.8 Å². The molecule has 30 heavy (non-hydrogen) atoms. The first-order valence-corrected chi connectivity index (χ1v) is 9.32. The number of ether oxygens (including phenoxy) is 1. The molecule has 1 aromatic heterocycles. The number of amides is 2. The normalized spacial score (nSPS) is 11.6. The molecule has 2 aromatic carbocycles. The number of aromatic amines is 1. The van der Waals surface area contributed by atoms with Crippen LogP contribution in [0.5, 0.6) is 5.75 Å². The van der Waals surface area contributed by atoms with E-state index in [9.17, 15) is 14.0 Å². The summed E-state index contributed by atoms with van der Waals surface area (Å²) in [5, 5.41) is 9.45. The van der Waals surface area contributed by atoms with Crippen molar-refractivity contribution in [3.63, 3.8) is 0 Å². The summed E-state index contributed by atoms with van der Waals surface area (Å²) in [7, 11) is 4.76. The third kappa shape index (κ3) is 4.83. The van der Waals surface area contributed by atoms with E-state index in [0.29, 0.717) is 11.3 Å². The summed E-state index contributed by atoms with van der Waals surface area (Å²) < 4.78 is 18.6. The van der Waals surface area contributed by atoms with Crippen molar-refractivity contribution in [3.8, 4) is 16.9 Å². The number of rotatable bonds is 7. The molecule has 0 bridgehead atoms. The zero-order valence-electron chi connectivity index (χ0n) is 17.0. The summed E-state index contributed by atoms with van der Waals surface area (Å²) in [4.78, 5) is 26.9. The third-order valence-corrected chi connectivity index (χ3v) is 4.67. The van der Waals surface area contributed by atoms with Gasteiger partial charge >= 0.3 is 0 Å². The lowest BCUT2D eigenvalue weighted by atomic mass is 10.0. The van der Waals surface area contributed by atoms with Crippen LogP contribution in [0.3, 0.4) is 0 Å². The van der Waals surface area contributed by atoms with Crippen LogP contribution in [0.4, 0.5) is 4.39 Å². The Morgan fingerprint density at radius 3 is 2.53 bits per heavy atom. The Balaban J connectivity index is 1.82. The number of methoxy groups -OCH3 is 1. The van der Waals surface area contributed by atoms with Gasteiger partial charge in [0.15, 0.2) is 0 Å². The van der Waals surface area contributed by atoms with Crippen molar-refractivity contribution in [1.29, 1.82) is 0 Å². The molecule has 0 aliphatic carbocycles. The fraction of sp³-hybridized carbons (Fsp3) is 0.227. The van der Waals surface area contributed by atoms with Gasteiger partial charge in [-0.3, -0.25) is 14.7 Å². The van der Waals surface area contributed by atoms with Gasteiger partial charge in [0.1, 0.15) is 17.6 Å². The van der Waals surface area contributed by atoms with Gasteiger partial charge in [-0.05, 0) is 35.9 Å². The molecule has 0 saturated carbocycles. The number of H-pyrrole nitrogens is 1. The Morgan fingerprint density at radius 1 is 1.20 bits per heavy atom. The fourth-order valence-corrected chi connectivity index (χ4v) is 3.08. The molecule has 156 valence electrons. The molecule has 0 aliphatic heterocycles. The topological polar surface area (TPSA) is 87.3 Å². The lowest BCUT2D eigenvalue weighted by Crippen LogP contribution is -2.47. The molecule has 7 nitrogen and oxygen atoms in total. The van der Waals surface area contributed by atoms with Crippen molar-refractivity contribution in [2.45, 2.75) is 12.5 Å². The quantitative estimate of drug-likeness (QED) is 0.627. The first-order chi connectivity index (χ1) is 14.4. The highest BCUT2D eigenvalue weighted by molar-refractivity contribution is 5.98. The number of hydrogen-bond acceptors (Lipinski definition) is 4. The number of hydrogen-bond donors (Lipinski definition) is 2. The van der Waals surface area contributed by atoms with Gasteiger partial charge < -0.3 is 15.0 Å². The number of carbonyl (C=O) groups is 2. The Labute approximate surface area is 173 Å². The summed E-state index contributed by atoms with van der Waals surface area (Å²) in [5.74, 6) is -0.509. The minimum atomic E-state index is -0.794. The van der Waals surface area contributed by atoms with Gasteiger partial charge in [0.25, 0.3) is 5.91 Å². The SMILES string of the molecule is COc1cc(C(=O)N[C@@H](Cc2ccc(F)cc2)C(=O)N(C)C)ccc1-c1cn[nH]c1. The molecule has 2 amide bonds. The van der Waals surface area contributed by atoms with Crippen LogP contribution in [0, 0.1) is 5.82 Å². The molecule has 0 saturated heterocycles. The molecule has 0 fully saturated rings. The van der Waals surface area contributed by atoms with E-state index in [1.165, 1.54) is 24.1 Å². The van der Waals surface area contributed by atoms with E-state index < -0.39 is 11.9 Å². The average Bonchev–Trinajstić information content (AvgIpc) is 3.28. The number of benzene rings is 2. The summed E-state index contributed by atoms with van der Waals surface area (Å²) in [6, 6.07) is 10.1. The Bertz CT molecular complexity index is 1020. The Hall–Kier alpha value is -3.68. The predicted molar refractivity (Wildman–Crippen MR) is 111 cm³/mol. The monoisotopic (exact) mass is 410 g/mol. The maximum absolute atomic E-state index is 13.2. The summed E-state index contributed by atoms with van der Waals surface area (Å²) in [6.07, 6.45) is 3.63. The molecule has 0 aliphatic rings. The molecule has 0 spiro atoms. The van der Waals surface area contributed by atoms with Crippen molar-refractivity contribution >= 4 is 11.8 Å². The smallest absolute Gasteiger partial charge is 0.252 e. The number of halogens is 1. The molecule has 1 heterocycles. The molecule has 0 unspecified atom stereocenters. The highest BCUT2D eigenvalue weighted by Gasteiger charge is 2.24. The molecule has 2 N–H and O–H groups in total. The van der Waals surface area contributed by atoms with E-state index >= 15 is 0 Å². The highest BCUT2D eigenvalue weighted by Crippen LogP contribution is 2.30. The fourth-order valence-electron chi connectivity index (χ4n) is 3.08. The van der Waals surface area contributed by atoms with Crippen LogP contribution < -0.4 is 10.1 Å². The van der Waals surface area contributed by atoms with Gasteiger partial charge in [0, 0.05) is 43.4 Å². The van der Waals surface area contributed by atoms with Gasteiger partial charge in [0.05, 0.1) is 13.3 Å². The maximum atomic E-state index is 13.2. The second kappa shape index (κ2) is 9.21. The average molecular weight is 410 g/mol. The zero-order valence-corrected chi connectivity index (χ0v) is 17.0. The van der Waals surface area contributed by atoms with Crippen LogP contribution in [0.25, 0.3) is 11.1 Å². The van der Waals surface area contributed by atoms with Crippen molar-refractivity contribution in [3.05, 3.63) is 71.8 Å². The van der Waals surface area contributed by atoms with E-state index in [2.05, 4.69) is 15.5 Å². The summed E-state index contributed by atoms with van der Waals surface area (Å²) >= 11 is 0. The van der Waals surface area contributed by atoms with E-state index in [0.717, 1.165) is 16.7 Å². The summed E-state index contributed by atoms with van der Waals surface area (Å²) in [5.41, 5.74) is 2.71. The predicted octanol–water partition coefficient (Wildman–Crippen LogP) is 2.65. The van der Waals surface area contributed by atoms with Crippen LogP contribution in [-0.2, 0) is 11.2 Å². The van der Waals surface area contributed by atoms with E-state index in [1.807, 2.05) is 0 Å². The van der Waals surface area contributed by atoms with Crippen molar-refractivity contribution in [2.75, 3.05) is 21.2 Å². The van der Waals surface area contributed by atoms with Crippen LogP contribution in [0.2, 0.25) is 0 Å². The second-order valence-corrected chi connectivity index (χ2v) is 6.99. The van der Waals surface area contributed by atoms with E-state index in [-0.39, 0.29) is 18.1 Å². The minimum Gasteiger partial charge on any atom is -0.496 e. The lowest BCUT2D eigenvalue weighted by molar-refractivity contribution is -0.130. The molecular formula is C22H23FN4O3. The summed E-state index contributed by atoms with van der Waals surface area (Å²) in [6.45, 7) is 0. The van der Waals surface area contributed by atoms with Gasteiger partial charge in [-0.15, -0.1) is 0 Å². The maximum Gasteiger partial charge on any atom is 0.252 e. The van der Waals surface area contributed by atoms with Crippen molar-refractivity contribution in [2.24, 2.45) is 0 Å². The third-order valence-electron chi connectivity index (χ3n) is 4.67. The minimum absolute atomic E-state index is 0.243. The largest absolute Gasteiger partial charge is 0.496 e. The molecular weight excluding hydrogens is 387 g/mol. The van der Waals surface area contributed by atoms with Gasteiger partial charge in [0.2, 0.25) is 5.91 Å². The van der Waals surface area contributed by atoms with Crippen LogP contribution in [-0.4, -0.2) is 54.2 Å². The molecule has 0 radical (unpaired) electrons. The molecule has 3 rings (SSSR count). The van der Waals surface area contributed by atoms with Crippen molar-refractivity contribution in [1.82, 2.24) is 20.4 Å². The highest BCUT2D eigenvalue weighted by atomic mass is 19.1. The first kappa shape index (κ1) is 21.0. The standard InChI is InChI=1S/C22H23FN4O3/c1-27(2)22(29)19(10-14-4-7-17(23)8-5-14)26-21(28)15-6-9-18(20(11-15)30-3)16-12-24-25-13-16/h4-9,11-13,19H,10H2,1-3H3,(H,24,25)(H,26,28)/t19-/m0/s1. The Morgan fingerprint density at radius 2 is 1.93 bits per heavy atom. The van der Waals surface area contributed by atoms with Crippen LogP contribution in [0.1, 0.15) is 15.9 Å². The lowest BCUT2D eigenvalue weighted by Gasteiger charge is -2.22. The van der Waals surface area contributed by atoms with Crippen LogP contribution in [0.15, 0.2) is 54.9 Å². The van der Waals surface area contributed by atoms with Gasteiger partial charge in [-0.25, -0.2) is 4.39 Å². The number of nitrogens with one attached hydrogen (secondary N) is 2. The van der Waals surface area contributed by atoms with Gasteiger partial charge in [-0.1, -0.05) is 12.1 Å². The van der Waals surface area contributed by atoms with Crippen molar-refractivity contribution < 1.29 is 18.7 Å². The first-order valence-electron chi connectivity index (χ1n) is 9.32. The zero-order chi connectivity index (χ0) is 21.7. The van der Waals surface area contributed by atoms with Gasteiger partial charge in [-0.2, -0.15) is 5.10 Å². The number of likely N-dealkylation sites (N-methyl/N-ethyl adjacent to an activating group) is 1.